The fourth-order valence-corrected chi connectivity index (χ4v) is 2.92. The minimum absolute atomic E-state index is 0.0663. The standard InChI is InChI=1S/C13H21NO5/c1-12(2,3)19-11(17)14-8(10(15)16)5-13(7-18-4)6-9(13)14/h8-9H,5-7H2,1-4H3,(H,15,16)/t8-,9?,13?/m0/s1. The number of nitrogens with zero attached hydrogens (tertiary/aromatic N) is 1. The summed E-state index contributed by atoms with van der Waals surface area (Å²) in [6, 6.07) is -0.868. The van der Waals surface area contributed by atoms with E-state index in [-0.39, 0.29) is 11.5 Å². The first-order chi connectivity index (χ1) is 8.70. The van der Waals surface area contributed by atoms with Crippen LogP contribution >= 0.6 is 0 Å². The van der Waals surface area contributed by atoms with Gasteiger partial charge in [-0.2, -0.15) is 0 Å². The number of likely N-dealkylation sites (tertiary alicyclic amines) is 1. The topological polar surface area (TPSA) is 76.1 Å². The summed E-state index contributed by atoms with van der Waals surface area (Å²) in [4.78, 5) is 24.8. The molecule has 0 aromatic carbocycles. The van der Waals surface area contributed by atoms with Crippen LogP contribution in [-0.4, -0.2) is 53.5 Å². The van der Waals surface area contributed by atoms with Crippen molar-refractivity contribution in [3.05, 3.63) is 0 Å². The van der Waals surface area contributed by atoms with E-state index in [2.05, 4.69) is 0 Å². The van der Waals surface area contributed by atoms with Gasteiger partial charge in [-0.05, 0) is 33.6 Å². The molecule has 1 aliphatic carbocycles. The third kappa shape index (κ3) is 2.54. The largest absolute Gasteiger partial charge is 0.480 e. The van der Waals surface area contributed by atoms with E-state index in [1.54, 1.807) is 27.9 Å². The monoisotopic (exact) mass is 271 g/mol. The predicted octanol–water partition coefficient (Wildman–Crippen LogP) is 1.49. The van der Waals surface area contributed by atoms with E-state index in [1.807, 2.05) is 0 Å². The van der Waals surface area contributed by atoms with Crippen LogP contribution in [0, 0.1) is 5.41 Å². The van der Waals surface area contributed by atoms with Crippen molar-refractivity contribution in [2.75, 3.05) is 13.7 Å². The lowest BCUT2D eigenvalue weighted by Crippen LogP contribution is -2.45. The molecular formula is C13H21NO5. The number of fused-ring (bicyclic) bond motifs is 1. The Labute approximate surface area is 112 Å². The maximum Gasteiger partial charge on any atom is 0.411 e. The maximum atomic E-state index is 12.2. The van der Waals surface area contributed by atoms with Gasteiger partial charge in [0.25, 0.3) is 0 Å². The molecule has 2 fully saturated rings. The van der Waals surface area contributed by atoms with E-state index in [1.165, 1.54) is 4.90 Å². The van der Waals surface area contributed by atoms with Crippen LogP contribution in [0.4, 0.5) is 4.79 Å². The molecule has 6 nitrogen and oxygen atoms in total. The first kappa shape index (κ1) is 14.1. The minimum atomic E-state index is -0.978. The van der Waals surface area contributed by atoms with Gasteiger partial charge in [-0.25, -0.2) is 9.59 Å². The number of carbonyl (C=O) groups excluding carboxylic acids is 1. The lowest BCUT2D eigenvalue weighted by Gasteiger charge is -2.28. The number of carbonyl (C=O) groups is 2. The quantitative estimate of drug-likeness (QED) is 0.841. The molecule has 1 saturated heterocycles. The van der Waals surface area contributed by atoms with Crippen molar-refractivity contribution >= 4 is 12.1 Å². The van der Waals surface area contributed by atoms with Gasteiger partial charge in [0.15, 0.2) is 0 Å². The van der Waals surface area contributed by atoms with Crippen LogP contribution in [0.2, 0.25) is 0 Å². The molecular weight excluding hydrogens is 250 g/mol. The number of ether oxygens (including phenoxy) is 2. The highest BCUT2D eigenvalue weighted by Crippen LogP contribution is 2.59. The van der Waals surface area contributed by atoms with Crippen LogP contribution in [0.25, 0.3) is 0 Å². The van der Waals surface area contributed by atoms with Gasteiger partial charge in [-0.15, -0.1) is 0 Å². The summed E-state index contributed by atoms with van der Waals surface area (Å²) in [5, 5.41) is 9.26. The lowest BCUT2D eigenvalue weighted by molar-refractivity contribution is -0.142. The van der Waals surface area contributed by atoms with Crippen molar-refractivity contribution in [3.63, 3.8) is 0 Å². The van der Waals surface area contributed by atoms with Gasteiger partial charge < -0.3 is 14.6 Å². The summed E-state index contributed by atoms with van der Waals surface area (Å²) in [6.45, 7) is 5.80. The predicted molar refractivity (Wildman–Crippen MR) is 66.8 cm³/mol. The summed E-state index contributed by atoms with van der Waals surface area (Å²) >= 11 is 0. The summed E-state index contributed by atoms with van der Waals surface area (Å²) in [6.07, 6.45) is 0.699. The molecule has 0 radical (unpaired) electrons. The highest BCUT2D eigenvalue weighted by atomic mass is 16.6. The molecule has 6 heteroatoms. The van der Waals surface area contributed by atoms with E-state index < -0.39 is 23.7 Å². The van der Waals surface area contributed by atoms with Crippen LogP contribution in [0.1, 0.15) is 33.6 Å². The van der Waals surface area contributed by atoms with E-state index in [9.17, 15) is 14.7 Å². The molecule has 0 bridgehead atoms. The molecule has 2 unspecified atom stereocenters. The Balaban J connectivity index is 2.14. The summed E-state index contributed by atoms with van der Waals surface area (Å²) in [5.74, 6) is -0.978. The number of carboxylic acids is 1. The Morgan fingerprint density at radius 3 is 2.47 bits per heavy atom. The Kier molecular flexibility index (Phi) is 3.24. The SMILES string of the molecule is COCC12CC1N(C(=O)OC(C)(C)C)[C@H](C(=O)O)C2. The number of piperidine rings is 1. The molecule has 0 aromatic rings. The molecule has 0 aromatic heterocycles. The number of rotatable bonds is 3. The van der Waals surface area contributed by atoms with E-state index in [4.69, 9.17) is 9.47 Å². The van der Waals surface area contributed by atoms with Crippen molar-refractivity contribution in [1.29, 1.82) is 0 Å². The summed E-state index contributed by atoms with van der Waals surface area (Å²) in [5.41, 5.74) is -0.809. The van der Waals surface area contributed by atoms with Gasteiger partial charge in [-0.1, -0.05) is 0 Å². The number of carboxylic acid groups (broad SMARTS) is 1. The van der Waals surface area contributed by atoms with Gasteiger partial charge in [-0.3, -0.25) is 4.90 Å². The van der Waals surface area contributed by atoms with Crippen molar-refractivity contribution < 1.29 is 24.2 Å². The second kappa shape index (κ2) is 4.37. The molecule has 108 valence electrons. The molecule has 1 N–H and O–H groups in total. The molecule has 2 aliphatic rings. The minimum Gasteiger partial charge on any atom is -0.480 e. The fourth-order valence-electron chi connectivity index (χ4n) is 2.92. The van der Waals surface area contributed by atoms with E-state index in [0.717, 1.165) is 6.42 Å². The van der Waals surface area contributed by atoms with Gasteiger partial charge in [0.05, 0.1) is 6.61 Å². The maximum absolute atomic E-state index is 12.2. The van der Waals surface area contributed by atoms with Crippen molar-refractivity contribution in [1.82, 2.24) is 4.90 Å². The summed E-state index contributed by atoms with van der Waals surface area (Å²) in [7, 11) is 1.59. The van der Waals surface area contributed by atoms with Crippen LogP contribution < -0.4 is 0 Å². The second-order valence-corrected chi connectivity index (χ2v) is 6.46. The first-order valence-electron chi connectivity index (χ1n) is 6.43. The Morgan fingerprint density at radius 2 is 2.00 bits per heavy atom. The third-order valence-corrected chi connectivity index (χ3v) is 3.74. The molecule has 1 amide bonds. The number of methoxy groups -OCH3 is 1. The Bertz CT molecular complexity index is 402. The third-order valence-electron chi connectivity index (χ3n) is 3.74. The normalized spacial score (nSPS) is 32.9. The van der Waals surface area contributed by atoms with Gasteiger partial charge in [0, 0.05) is 18.6 Å². The molecule has 3 atom stereocenters. The lowest BCUT2D eigenvalue weighted by atomic mass is 10.0. The molecule has 1 heterocycles. The van der Waals surface area contributed by atoms with Crippen LogP contribution in [-0.2, 0) is 14.3 Å². The molecule has 2 rings (SSSR count). The van der Waals surface area contributed by atoms with Crippen molar-refractivity contribution in [2.45, 2.75) is 51.3 Å². The average Bonchev–Trinajstić information content (AvgIpc) is 2.81. The zero-order valence-electron chi connectivity index (χ0n) is 11.8. The fraction of sp³-hybridized carbons (Fsp3) is 0.846. The molecule has 1 aliphatic heterocycles. The summed E-state index contributed by atoms with van der Waals surface area (Å²) < 4.78 is 10.5. The van der Waals surface area contributed by atoms with Crippen molar-refractivity contribution in [2.24, 2.45) is 5.41 Å². The van der Waals surface area contributed by atoms with Gasteiger partial charge >= 0.3 is 12.1 Å². The van der Waals surface area contributed by atoms with Crippen molar-refractivity contribution in [3.8, 4) is 0 Å². The molecule has 0 spiro atoms. The van der Waals surface area contributed by atoms with Gasteiger partial charge in [0.2, 0.25) is 0 Å². The first-order valence-corrected chi connectivity index (χ1v) is 6.43. The zero-order chi connectivity index (χ0) is 14.4. The number of hydrogen-bond donors (Lipinski definition) is 1. The number of aliphatic carboxylic acids is 1. The second-order valence-electron chi connectivity index (χ2n) is 6.46. The molecule has 19 heavy (non-hydrogen) atoms. The number of hydrogen-bond acceptors (Lipinski definition) is 4. The van der Waals surface area contributed by atoms with E-state index >= 15 is 0 Å². The number of amides is 1. The highest BCUT2D eigenvalue weighted by Gasteiger charge is 2.68. The zero-order valence-corrected chi connectivity index (χ0v) is 11.8. The van der Waals surface area contributed by atoms with Crippen LogP contribution in [0.15, 0.2) is 0 Å². The van der Waals surface area contributed by atoms with Crippen LogP contribution in [0.3, 0.4) is 0 Å². The van der Waals surface area contributed by atoms with Crippen LogP contribution in [0.5, 0.6) is 0 Å². The smallest absolute Gasteiger partial charge is 0.411 e. The molecule has 1 saturated carbocycles. The Morgan fingerprint density at radius 1 is 1.37 bits per heavy atom. The Hall–Kier alpha value is -1.30. The average molecular weight is 271 g/mol. The highest BCUT2D eigenvalue weighted by molar-refractivity contribution is 5.82. The van der Waals surface area contributed by atoms with E-state index in [0.29, 0.717) is 13.0 Å². The van der Waals surface area contributed by atoms with Gasteiger partial charge in [0.1, 0.15) is 11.6 Å².